The molecule has 21 heavy (non-hydrogen) atoms. The molecule has 0 saturated carbocycles. The Kier molecular flexibility index (Phi) is 6.35. The molecule has 3 N–H and O–H groups in total. The third kappa shape index (κ3) is 5.62. The molecule has 0 unspecified atom stereocenters. The second-order valence-corrected chi connectivity index (χ2v) is 4.20. The van der Waals surface area contributed by atoms with Crippen molar-refractivity contribution < 1.29 is 23.9 Å². The van der Waals surface area contributed by atoms with E-state index in [1.165, 1.54) is 31.2 Å². The quantitative estimate of drug-likeness (QED) is 0.719. The molecule has 0 aliphatic rings. The van der Waals surface area contributed by atoms with Gasteiger partial charge in [-0.05, 0) is 38.1 Å². The molecule has 0 spiro atoms. The van der Waals surface area contributed by atoms with Crippen LogP contribution in [0.25, 0.3) is 0 Å². The molecule has 0 bridgehead atoms. The van der Waals surface area contributed by atoms with Crippen molar-refractivity contribution in [1.29, 1.82) is 0 Å². The minimum absolute atomic E-state index is 0.193. The molecule has 1 rings (SSSR count). The van der Waals surface area contributed by atoms with Gasteiger partial charge in [-0.1, -0.05) is 0 Å². The fraction of sp³-hybridized carbons (Fsp3) is 0.357. The van der Waals surface area contributed by atoms with Gasteiger partial charge in [-0.25, -0.2) is 4.79 Å². The van der Waals surface area contributed by atoms with Crippen LogP contribution >= 0.6 is 0 Å². The molecule has 2 amide bonds. The van der Waals surface area contributed by atoms with Crippen molar-refractivity contribution in [3.05, 3.63) is 29.8 Å². The highest BCUT2D eigenvalue weighted by Gasteiger charge is 2.17. The molecule has 0 aromatic heterocycles. The SMILES string of the molecule is CCOCC(=O)O[C@@H](C)C(=O)Nc1ccc(C(N)=O)cc1. The average molecular weight is 294 g/mol. The third-order valence-electron chi connectivity index (χ3n) is 2.54. The number of esters is 1. The van der Waals surface area contributed by atoms with Crippen molar-refractivity contribution in [2.24, 2.45) is 5.73 Å². The number of nitrogens with one attached hydrogen (secondary N) is 1. The molecule has 0 saturated heterocycles. The van der Waals surface area contributed by atoms with Crippen molar-refractivity contribution in [2.75, 3.05) is 18.5 Å². The first-order valence-corrected chi connectivity index (χ1v) is 6.42. The number of amides is 2. The van der Waals surface area contributed by atoms with Gasteiger partial charge in [-0.15, -0.1) is 0 Å². The highest BCUT2D eigenvalue weighted by Crippen LogP contribution is 2.10. The summed E-state index contributed by atoms with van der Waals surface area (Å²) >= 11 is 0. The minimum Gasteiger partial charge on any atom is -0.451 e. The lowest BCUT2D eigenvalue weighted by molar-refractivity contribution is -0.157. The number of carbonyl (C=O) groups excluding carboxylic acids is 3. The average Bonchev–Trinajstić information content (AvgIpc) is 2.45. The van der Waals surface area contributed by atoms with Crippen LogP contribution in [0.5, 0.6) is 0 Å². The van der Waals surface area contributed by atoms with Gasteiger partial charge in [0.1, 0.15) is 6.61 Å². The van der Waals surface area contributed by atoms with Crippen LogP contribution in [0.3, 0.4) is 0 Å². The molecule has 0 fully saturated rings. The van der Waals surface area contributed by atoms with Crippen LogP contribution < -0.4 is 11.1 Å². The molecule has 114 valence electrons. The predicted molar refractivity (Wildman–Crippen MR) is 75.6 cm³/mol. The van der Waals surface area contributed by atoms with E-state index >= 15 is 0 Å². The number of carbonyl (C=O) groups is 3. The fourth-order valence-electron chi connectivity index (χ4n) is 1.43. The third-order valence-corrected chi connectivity index (χ3v) is 2.54. The van der Waals surface area contributed by atoms with Gasteiger partial charge in [0.25, 0.3) is 5.91 Å². The summed E-state index contributed by atoms with van der Waals surface area (Å²) in [6.45, 7) is 3.40. The number of anilines is 1. The summed E-state index contributed by atoms with van der Waals surface area (Å²) in [5.41, 5.74) is 5.92. The largest absolute Gasteiger partial charge is 0.451 e. The standard InChI is InChI=1S/C14H18N2O5/c1-3-20-8-12(17)21-9(2)14(19)16-11-6-4-10(5-7-11)13(15)18/h4-7,9H,3,8H2,1-2H3,(H2,15,18)(H,16,19)/t9-/m0/s1. The maximum Gasteiger partial charge on any atom is 0.332 e. The number of hydrogen-bond donors (Lipinski definition) is 2. The van der Waals surface area contributed by atoms with Crippen molar-refractivity contribution in [3.63, 3.8) is 0 Å². The summed E-state index contributed by atoms with van der Waals surface area (Å²) in [4.78, 5) is 34.0. The molecule has 0 aliphatic carbocycles. The van der Waals surface area contributed by atoms with Gasteiger partial charge in [0.05, 0.1) is 0 Å². The number of rotatable bonds is 7. The highest BCUT2D eigenvalue weighted by molar-refractivity contribution is 5.96. The van der Waals surface area contributed by atoms with Crippen molar-refractivity contribution in [2.45, 2.75) is 20.0 Å². The molecule has 0 heterocycles. The first kappa shape index (κ1) is 16.6. The number of ether oxygens (including phenoxy) is 2. The van der Waals surface area contributed by atoms with Crippen LogP contribution in [0.4, 0.5) is 5.69 Å². The Morgan fingerprint density at radius 3 is 2.38 bits per heavy atom. The van der Waals surface area contributed by atoms with Crippen LogP contribution in [0.1, 0.15) is 24.2 Å². The van der Waals surface area contributed by atoms with Crippen molar-refractivity contribution in [3.8, 4) is 0 Å². The zero-order valence-electron chi connectivity index (χ0n) is 11.9. The summed E-state index contributed by atoms with van der Waals surface area (Å²) in [5, 5.41) is 2.56. The van der Waals surface area contributed by atoms with Gasteiger partial charge < -0.3 is 20.5 Å². The summed E-state index contributed by atoms with van der Waals surface area (Å²) in [7, 11) is 0. The highest BCUT2D eigenvalue weighted by atomic mass is 16.6. The van der Waals surface area contributed by atoms with E-state index in [1.807, 2.05) is 0 Å². The summed E-state index contributed by atoms with van der Waals surface area (Å²) in [6, 6.07) is 6.05. The molecule has 7 nitrogen and oxygen atoms in total. The fourth-order valence-corrected chi connectivity index (χ4v) is 1.43. The van der Waals surface area contributed by atoms with Crippen LogP contribution in [0, 0.1) is 0 Å². The van der Waals surface area contributed by atoms with Gasteiger partial charge in [0, 0.05) is 17.9 Å². The van der Waals surface area contributed by atoms with Crippen LogP contribution in [0.15, 0.2) is 24.3 Å². The van der Waals surface area contributed by atoms with Gasteiger partial charge >= 0.3 is 5.97 Å². The second kappa shape index (κ2) is 8.01. The maximum absolute atomic E-state index is 11.8. The van der Waals surface area contributed by atoms with E-state index in [0.29, 0.717) is 17.9 Å². The zero-order chi connectivity index (χ0) is 15.8. The number of benzene rings is 1. The van der Waals surface area contributed by atoms with Gasteiger partial charge in [-0.2, -0.15) is 0 Å². The summed E-state index contributed by atoms with van der Waals surface area (Å²) < 4.78 is 9.78. The number of nitrogens with two attached hydrogens (primary N) is 1. The molecule has 0 aliphatic heterocycles. The molecule has 1 atom stereocenters. The van der Waals surface area contributed by atoms with E-state index in [1.54, 1.807) is 6.92 Å². The van der Waals surface area contributed by atoms with Crippen LogP contribution in [-0.2, 0) is 19.1 Å². The van der Waals surface area contributed by atoms with E-state index in [9.17, 15) is 14.4 Å². The molecule has 1 aromatic rings. The van der Waals surface area contributed by atoms with Gasteiger partial charge in [-0.3, -0.25) is 9.59 Å². The summed E-state index contributed by atoms with van der Waals surface area (Å²) in [5.74, 6) is -1.64. The molecule has 0 radical (unpaired) electrons. The lowest BCUT2D eigenvalue weighted by Crippen LogP contribution is -2.31. The Morgan fingerprint density at radius 1 is 1.24 bits per heavy atom. The first-order valence-electron chi connectivity index (χ1n) is 6.42. The van der Waals surface area contributed by atoms with Crippen LogP contribution in [-0.4, -0.2) is 37.1 Å². The van der Waals surface area contributed by atoms with E-state index < -0.39 is 23.9 Å². The Labute approximate surface area is 122 Å². The van der Waals surface area contributed by atoms with E-state index in [0.717, 1.165) is 0 Å². The van der Waals surface area contributed by atoms with Gasteiger partial charge in [0.2, 0.25) is 5.91 Å². The monoisotopic (exact) mass is 294 g/mol. The lowest BCUT2D eigenvalue weighted by atomic mass is 10.2. The first-order chi connectivity index (χ1) is 9.93. The Hall–Kier alpha value is -2.41. The molecule has 7 heteroatoms. The van der Waals surface area contributed by atoms with Crippen LogP contribution in [0.2, 0.25) is 0 Å². The molecule has 1 aromatic carbocycles. The van der Waals surface area contributed by atoms with E-state index in [-0.39, 0.29) is 6.61 Å². The second-order valence-electron chi connectivity index (χ2n) is 4.20. The molecular weight excluding hydrogens is 276 g/mol. The van der Waals surface area contributed by atoms with E-state index in [4.69, 9.17) is 15.2 Å². The minimum atomic E-state index is -0.950. The maximum atomic E-state index is 11.8. The predicted octanol–water partition coefficient (Wildman–Crippen LogP) is 0.692. The van der Waals surface area contributed by atoms with Gasteiger partial charge in [0.15, 0.2) is 6.10 Å². The van der Waals surface area contributed by atoms with E-state index in [2.05, 4.69) is 5.32 Å². The lowest BCUT2D eigenvalue weighted by Gasteiger charge is -2.13. The summed E-state index contributed by atoms with van der Waals surface area (Å²) in [6.07, 6.45) is -0.950. The number of primary amides is 1. The molecular formula is C14H18N2O5. The Bertz CT molecular complexity index is 513. The Balaban J connectivity index is 2.51. The zero-order valence-corrected chi connectivity index (χ0v) is 11.9. The topological polar surface area (TPSA) is 108 Å². The normalized spacial score (nSPS) is 11.5. The van der Waals surface area contributed by atoms with Crippen molar-refractivity contribution in [1.82, 2.24) is 0 Å². The Morgan fingerprint density at radius 2 is 1.86 bits per heavy atom. The smallest absolute Gasteiger partial charge is 0.332 e. The number of hydrogen-bond acceptors (Lipinski definition) is 5. The van der Waals surface area contributed by atoms with Crippen molar-refractivity contribution >= 4 is 23.5 Å².